The summed E-state index contributed by atoms with van der Waals surface area (Å²) in [5.74, 6) is -4.73. The Kier molecular flexibility index (Phi) is 5.67. The fourth-order valence-electron chi connectivity index (χ4n) is 2.82. The maximum atomic E-state index is 13.7. The first-order chi connectivity index (χ1) is 13.3. The minimum Gasteiger partial charge on any atom is -0.474 e. The number of amides is 2. The lowest BCUT2D eigenvalue weighted by molar-refractivity contribution is 0.0872. The van der Waals surface area contributed by atoms with E-state index in [2.05, 4.69) is 10.3 Å². The number of carboxylic acid groups (broad SMARTS) is 1. The Morgan fingerprint density at radius 1 is 1.14 bits per heavy atom. The summed E-state index contributed by atoms with van der Waals surface area (Å²) in [5.41, 5.74) is -0.921. The van der Waals surface area contributed by atoms with Crippen molar-refractivity contribution >= 4 is 17.8 Å². The third-order valence-corrected chi connectivity index (χ3v) is 4.20. The first-order valence-corrected chi connectivity index (χ1v) is 8.41. The van der Waals surface area contributed by atoms with E-state index >= 15 is 0 Å². The predicted molar refractivity (Wildman–Crippen MR) is 91.8 cm³/mol. The van der Waals surface area contributed by atoms with Crippen LogP contribution in [0.4, 0.5) is 23.8 Å². The van der Waals surface area contributed by atoms with Crippen LogP contribution in [0.15, 0.2) is 30.3 Å². The van der Waals surface area contributed by atoms with E-state index in [-0.39, 0.29) is 17.8 Å². The fourth-order valence-corrected chi connectivity index (χ4v) is 2.82. The SMILES string of the molecule is O=C(Nc1cccc(OC2CCN(C(=O)O)CC2)n1)c1c(F)cc(F)cc1F. The van der Waals surface area contributed by atoms with Gasteiger partial charge in [0.05, 0.1) is 0 Å². The minimum atomic E-state index is -1.33. The molecule has 2 heterocycles. The molecule has 1 fully saturated rings. The van der Waals surface area contributed by atoms with Gasteiger partial charge in [0.15, 0.2) is 0 Å². The molecule has 0 atom stereocenters. The second kappa shape index (κ2) is 8.15. The molecule has 3 rings (SSSR count). The van der Waals surface area contributed by atoms with Gasteiger partial charge in [-0.3, -0.25) is 4.79 Å². The number of hydrogen-bond donors (Lipinski definition) is 2. The molecule has 28 heavy (non-hydrogen) atoms. The molecule has 2 amide bonds. The number of likely N-dealkylation sites (tertiary alicyclic amines) is 1. The maximum absolute atomic E-state index is 13.7. The van der Waals surface area contributed by atoms with Crippen molar-refractivity contribution in [2.45, 2.75) is 18.9 Å². The lowest BCUT2D eigenvalue weighted by atomic mass is 10.1. The van der Waals surface area contributed by atoms with Gasteiger partial charge in [-0.2, -0.15) is 4.98 Å². The van der Waals surface area contributed by atoms with Crippen LogP contribution in [0.3, 0.4) is 0 Å². The number of pyridine rings is 1. The van der Waals surface area contributed by atoms with Gasteiger partial charge in [0.1, 0.15) is 34.9 Å². The zero-order valence-electron chi connectivity index (χ0n) is 14.5. The van der Waals surface area contributed by atoms with Crippen molar-refractivity contribution in [3.05, 3.63) is 53.3 Å². The number of aromatic nitrogens is 1. The number of hydrogen-bond acceptors (Lipinski definition) is 4. The van der Waals surface area contributed by atoms with Crippen molar-refractivity contribution in [1.29, 1.82) is 0 Å². The first kappa shape index (κ1) is 19.5. The van der Waals surface area contributed by atoms with Gasteiger partial charge in [-0.05, 0) is 6.07 Å². The topological polar surface area (TPSA) is 91.8 Å². The van der Waals surface area contributed by atoms with Crippen molar-refractivity contribution in [3.63, 3.8) is 0 Å². The summed E-state index contributed by atoms with van der Waals surface area (Å²) in [4.78, 5) is 28.4. The zero-order chi connectivity index (χ0) is 20.3. The van der Waals surface area contributed by atoms with Crippen LogP contribution < -0.4 is 10.1 Å². The van der Waals surface area contributed by atoms with Gasteiger partial charge < -0.3 is 20.1 Å². The van der Waals surface area contributed by atoms with Crippen LogP contribution in [-0.2, 0) is 0 Å². The largest absolute Gasteiger partial charge is 0.474 e. The molecule has 7 nitrogen and oxygen atoms in total. The van der Waals surface area contributed by atoms with Gasteiger partial charge in [-0.15, -0.1) is 0 Å². The fraction of sp³-hybridized carbons (Fsp3) is 0.278. The number of nitrogens with zero attached hydrogens (tertiary/aromatic N) is 2. The molecule has 2 aromatic rings. The summed E-state index contributed by atoms with van der Waals surface area (Å²) < 4.78 is 46.1. The minimum absolute atomic E-state index is 0.00593. The highest BCUT2D eigenvalue weighted by Gasteiger charge is 2.24. The van der Waals surface area contributed by atoms with Crippen molar-refractivity contribution in [2.75, 3.05) is 18.4 Å². The molecule has 0 unspecified atom stereocenters. The summed E-state index contributed by atoms with van der Waals surface area (Å²) in [7, 11) is 0. The number of nitrogens with one attached hydrogen (secondary N) is 1. The molecule has 1 saturated heterocycles. The number of benzene rings is 1. The van der Waals surface area contributed by atoms with Gasteiger partial charge >= 0.3 is 6.09 Å². The Labute approximate surface area is 157 Å². The summed E-state index contributed by atoms with van der Waals surface area (Å²) in [5, 5.41) is 11.2. The highest BCUT2D eigenvalue weighted by molar-refractivity contribution is 6.04. The Morgan fingerprint density at radius 2 is 1.79 bits per heavy atom. The molecular formula is C18H16F3N3O4. The maximum Gasteiger partial charge on any atom is 0.407 e. The van der Waals surface area contributed by atoms with Gasteiger partial charge in [-0.25, -0.2) is 18.0 Å². The van der Waals surface area contributed by atoms with E-state index in [0.29, 0.717) is 38.1 Å². The number of rotatable bonds is 4. The first-order valence-electron chi connectivity index (χ1n) is 8.41. The highest BCUT2D eigenvalue weighted by Crippen LogP contribution is 2.20. The number of halogens is 3. The molecule has 0 saturated carbocycles. The Bertz CT molecular complexity index is 878. The normalized spacial score (nSPS) is 14.6. The van der Waals surface area contributed by atoms with Crippen molar-refractivity contribution in [1.82, 2.24) is 9.88 Å². The molecule has 0 aliphatic carbocycles. The van der Waals surface area contributed by atoms with Crippen LogP contribution in [0.5, 0.6) is 5.88 Å². The van der Waals surface area contributed by atoms with E-state index in [0.717, 1.165) is 0 Å². The molecular weight excluding hydrogens is 379 g/mol. The molecule has 1 aromatic carbocycles. The monoisotopic (exact) mass is 395 g/mol. The van der Waals surface area contributed by atoms with E-state index in [1.807, 2.05) is 0 Å². The second-order valence-corrected chi connectivity index (χ2v) is 6.15. The van der Waals surface area contributed by atoms with Gasteiger partial charge in [0, 0.05) is 44.1 Å². The van der Waals surface area contributed by atoms with Crippen molar-refractivity contribution in [3.8, 4) is 5.88 Å². The molecule has 1 aromatic heterocycles. The van der Waals surface area contributed by atoms with E-state index < -0.39 is 35.0 Å². The number of anilines is 1. The predicted octanol–water partition coefficient (Wildman–Crippen LogP) is 3.27. The van der Waals surface area contributed by atoms with Gasteiger partial charge in [0.2, 0.25) is 5.88 Å². The Morgan fingerprint density at radius 3 is 2.39 bits per heavy atom. The van der Waals surface area contributed by atoms with E-state index in [4.69, 9.17) is 9.84 Å². The third kappa shape index (κ3) is 4.51. The number of ether oxygens (including phenoxy) is 1. The third-order valence-electron chi connectivity index (χ3n) is 4.20. The van der Waals surface area contributed by atoms with Gasteiger partial charge in [0.25, 0.3) is 5.91 Å². The van der Waals surface area contributed by atoms with Gasteiger partial charge in [-0.1, -0.05) is 6.07 Å². The second-order valence-electron chi connectivity index (χ2n) is 6.15. The molecule has 2 N–H and O–H groups in total. The average molecular weight is 395 g/mol. The van der Waals surface area contributed by atoms with E-state index in [1.165, 1.54) is 23.1 Å². The van der Waals surface area contributed by atoms with Crippen LogP contribution in [0, 0.1) is 17.5 Å². The Balaban J connectivity index is 1.66. The summed E-state index contributed by atoms with van der Waals surface area (Å²) in [6.07, 6.45) is -0.268. The molecule has 0 bridgehead atoms. The van der Waals surface area contributed by atoms with Crippen LogP contribution >= 0.6 is 0 Å². The number of piperidine rings is 1. The van der Waals surface area contributed by atoms with Crippen LogP contribution in [0.25, 0.3) is 0 Å². The lowest BCUT2D eigenvalue weighted by Gasteiger charge is -2.29. The summed E-state index contributed by atoms with van der Waals surface area (Å²) >= 11 is 0. The molecule has 0 spiro atoms. The standard InChI is InChI=1S/C18H16F3N3O4/c19-10-8-12(20)16(13(21)9-10)17(25)23-14-2-1-3-15(22-14)28-11-4-6-24(7-5-11)18(26)27/h1-3,8-9,11H,4-7H2,(H,26,27)(H,22,23,25). The summed E-state index contributed by atoms with van der Waals surface area (Å²) in [6, 6.07) is 5.29. The van der Waals surface area contributed by atoms with E-state index in [9.17, 15) is 22.8 Å². The molecule has 148 valence electrons. The van der Waals surface area contributed by atoms with E-state index in [1.54, 1.807) is 0 Å². The quantitative estimate of drug-likeness (QED) is 0.829. The number of carbonyl (C=O) groups excluding carboxylic acids is 1. The van der Waals surface area contributed by atoms with Crippen LogP contribution in [-0.4, -0.2) is 46.2 Å². The summed E-state index contributed by atoms with van der Waals surface area (Å²) in [6.45, 7) is 0.666. The number of carbonyl (C=O) groups is 2. The molecule has 1 aliphatic rings. The van der Waals surface area contributed by atoms with Crippen LogP contribution in [0.1, 0.15) is 23.2 Å². The van der Waals surface area contributed by atoms with Crippen LogP contribution in [0.2, 0.25) is 0 Å². The average Bonchev–Trinajstić information content (AvgIpc) is 2.61. The molecule has 10 heteroatoms. The van der Waals surface area contributed by atoms with Crippen molar-refractivity contribution in [2.24, 2.45) is 0 Å². The van der Waals surface area contributed by atoms with Crippen molar-refractivity contribution < 1.29 is 32.6 Å². The highest BCUT2D eigenvalue weighted by atomic mass is 19.1. The lowest BCUT2D eigenvalue weighted by Crippen LogP contribution is -2.41. The zero-order valence-corrected chi connectivity index (χ0v) is 14.5. The molecule has 1 aliphatic heterocycles. The molecule has 0 radical (unpaired) electrons. The Hall–Kier alpha value is -3.30. The smallest absolute Gasteiger partial charge is 0.407 e.